The minimum Gasteiger partial charge on any atom is -0.508 e. The summed E-state index contributed by atoms with van der Waals surface area (Å²) in [6.07, 6.45) is 12.8. The summed E-state index contributed by atoms with van der Waals surface area (Å²) >= 11 is 9.64. The molecule has 4 aliphatic carbocycles. The van der Waals surface area contributed by atoms with Crippen molar-refractivity contribution in [2.75, 3.05) is 28.4 Å². The molecule has 5 N–H and O–H groups in total. The molecule has 7 amide bonds. The number of thiocarbonyl (C=S) groups is 1. The van der Waals surface area contributed by atoms with E-state index < -0.39 is 15.7 Å². The van der Waals surface area contributed by atoms with Crippen LogP contribution in [0.4, 0.5) is 14.4 Å². The van der Waals surface area contributed by atoms with E-state index in [0.717, 1.165) is 134 Å². The molecule has 18 nitrogen and oxygen atoms in total. The Morgan fingerprint density at radius 2 is 0.696 bits per heavy atom. The largest absolute Gasteiger partial charge is 0.508 e. The fourth-order valence-electron chi connectivity index (χ4n) is 19.1. The van der Waals surface area contributed by atoms with Crippen LogP contribution in [0, 0.1) is 27.7 Å². The lowest BCUT2D eigenvalue weighted by atomic mass is 9.62. The maximum atomic E-state index is 12.2. The van der Waals surface area contributed by atoms with Crippen LogP contribution in [0.1, 0.15) is 251 Å². The van der Waals surface area contributed by atoms with Gasteiger partial charge in [0.25, 0.3) is 15.7 Å². The van der Waals surface area contributed by atoms with E-state index in [4.69, 9.17) is 36.1 Å². The second kappa shape index (κ2) is 35.6. The number of nitrogens with one attached hydrogen (secondary N) is 4. The van der Waals surface area contributed by atoms with E-state index in [1.807, 2.05) is 24.3 Å². The highest BCUT2D eigenvalue weighted by Gasteiger charge is 2.44. The second-order valence-electron chi connectivity index (χ2n) is 40.2. The number of imide groups is 3. The number of carbonyl (C=O) groups excluding carboxylic acids is 7. The standard InChI is InChI=1S/C26H31NO4S.C26H31NO2S2.2C25H30N2O3S/c1-14-9-18-19(26(4,5)8-7-25(18,2)3)12-16(14)17-10-15(20(28)13-21(17)31-6)11-22-23(29)27-24(30)32-22;1-15-11-19-20(26(4,5)10-9-25(19,2)3)14-17(15)18-12-16(7-8-21(18)29-6)13-22-23(28)27-24(30)31-22;1-14-9-18-19(25(4,5)8-7-24(18,2)3)12-16(14)17-10-15(13-26-22(17)30-6)11-20-21(28)27-23(29)31-20;1-14-11-17-18(25(4,5)10-9-24(17,2)3)13-16(14)21-19(30-6)8-7-15(26-21)12-20-22(28)27-23(29)31-20/h9-10,12-13,22,28H,7-8,11H2,1-6H3,(H,27,29,30);7-8,11-12,14,22H,9-10,13H2,1-6H3,(H,27,28,30);9-10,12-13,20H,7-8,11H2,1-6H3,(H,27,28,29);7-8,11,13,20H,9-10,12H2,1-6H3,(H,27,28,29). The Morgan fingerprint density at radius 1 is 0.360 bits per heavy atom. The third-order valence-electron chi connectivity index (χ3n) is 27.5. The van der Waals surface area contributed by atoms with Crippen molar-refractivity contribution in [2.45, 2.75) is 280 Å². The summed E-state index contributed by atoms with van der Waals surface area (Å²) in [4.78, 5) is 92.3. The number of fused-ring (bicyclic) bond motifs is 4. The third kappa shape index (κ3) is 19.6. The van der Waals surface area contributed by atoms with Crippen LogP contribution in [0.3, 0.4) is 0 Å². The molecule has 0 bridgehead atoms. The maximum Gasteiger partial charge on any atom is 0.286 e. The van der Waals surface area contributed by atoms with Crippen molar-refractivity contribution in [3.8, 4) is 73.5 Å². The van der Waals surface area contributed by atoms with Crippen molar-refractivity contribution in [3.05, 3.63) is 192 Å². The molecular weight excluding hydrogens is 1660 g/mol. The molecule has 23 heteroatoms. The molecular formula is C102H122N6O12S5. The molecule has 125 heavy (non-hydrogen) atoms. The smallest absolute Gasteiger partial charge is 0.286 e. The third-order valence-corrected chi connectivity index (χ3v) is 31.8. The predicted molar refractivity (Wildman–Crippen MR) is 513 cm³/mol. The van der Waals surface area contributed by atoms with Crippen LogP contribution < -0.4 is 40.2 Å². The van der Waals surface area contributed by atoms with Gasteiger partial charge in [0.2, 0.25) is 29.5 Å². The minimum atomic E-state index is -0.543. The summed E-state index contributed by atoms with van der Waals surface area (Å²) in [6, 6.07) is 34.2. The van der Waals surface area contributed by atoms with E-state index in [1.165, 1.54) is 98.6 Å². The average molecular weight is 1780 g/mol. The lowest BCUT2D eigenvalue weighted by Crippen LogP contribution is -2.34. The van der Waals surface area contributed by atoms with E-state index in [2.05, 4.69) is 231 Å². The van der Waals surface area contributed by atoms with Gasteiger partial charge < -0.3 is 29.4 Å². The van der Waals surface area contributed by atoms with Gasteiger partial charge in [0.1, 0.15) is 33.0 Å². The van der Waals surface area contributed by atoms with Gasteiger partial charge >= 0.3 is 0 Å². The molecule has 4 unspecified atom stereocenters. The summed E-state index contributed by atoms with van der Waals surface area (Å²) in [5.74, 6) is 1.99. The van der Waals surface area contributed by atoms with Crippen molar-refractivity contribution in [2.24, 2.45) is 0 Å². The Bertz CT molecular complexity index is 5310. The number of hydrogen-bond donors (Lipinski definition) is 5. The van der Waals surface area contributed by atoms with Gasteiger partial charge in [-0.2, -0.15) is 0 Å². The van der Waals surface area contributed by atoms with Gasteiger partial charge in [-0.3, -0.25) is 49.5 Å². The van der Waals surface area contributed by atoms with Crippen LogP contribution in [-0.4, -0.2) is 108 Å². The molecule has 16 rings (SSSR count). The Kier molecular flexibility index (Phi) is 26.6. The number of hydrogen-bond acceptors (Lipinski definition) is 19. The predicted octanol–water partition coefficient (Wildman–Crippen LogP) is 22.3. The number of ether oxygens (including phenoxy) is 4. The van der Waals surface area contributed by atoms with Gasteiger partial charge in [-0.25, -0.2) is 9.97 Å². The van der Waals surface area contributed by atoms with Gasteiger partial charge in [-0.1, -0.05) is 200 Å². The fraction of sp³-hybridized carbons (Fsp3) is 0.471. The fourth-order valence-corrected chi connectivity index (χ4v) is 23.0. The molecule has 8 aromatic rings. The van der Waals surface area contributed by atoms with Crippen LogP contribution in [-0.2, 0) is 88.2 Å². The summed E-state index contributed by atoms with van der Waals surface area (Å²) in [7, 11) is 6.60. The zero-order valence-electron chi connectivity index (χ0n) is 77.0. The lowest BCUT2D eigenvalue weighted by molar-refractivity contribution is -0.119. The molecule has 6 aromatic carbocycles. The highest BCUT2D eigenvalue weighted by Crippen LogP contribution is 2.54. The summed E-state index contributed by atoms with van der Waals surface area (Å²) in [5.41, 5.74) is 28.6. The van der Waals surface area contributed by atoms with Gasteiger partial charge in [0, 0.05) is 46.6 Å². The molecule has 4 atom stereocenters. The summed E-state index contributed by atoms with van der Waals surface area (Å²) in [6.45, 7) is 45.8. The normalized spacial score (nSPS) is 21.5. The first-order valence-electron chi connectivity index (χ1n) is 43.3. The summed E-state index contributed by atoms with van der Waals surface area (Å²) in [5, 5.41) is 17.9. The topological polar surface area (TPSA) is 251 Å². The van der Waals surface area contributed by atoms with Crippen molar-refractivity contribution < 1.29 is 57.6 Å². The highest BCUT2D eigenvalue weighted by atomic mass is 32.2. The van der Waals surface area contributed by atoms with E-state index in [0.29, 0.717) is 46.5 Å². The molecule has 0 spiro atoms. The molecule has 2 aromatic heterocycles. The Balaban J connectivity index is 0.000000143. The monoisotopic (exact) mass is 1780 g/mol. The zero-order valence-corrected chi connectivity index (χ0v) is 81.1. The Labute approximate surface area is 760 Å². The molecule has 6 heterocycles. The van der Waals surface area contributed by atoms with Crippen LogP contribution in [0.5, 0.6) is 28.9 Å². The number of thioether (sulfide) groups is 4. The van der Waals surface area contributed by atoms with Crippen molar-refractivity contribution in [1.82, 2.24) is 31.2 Å². The van der Waals surface area contributed by atoms with Crippen LogP contribution >= 0.6 is 59.3 Å². The lowest BCUT2D eigenvalue weighted by Gasteiger charge is -2.42. The highest BCUT2D eigenvalue weighted by molar-refractivity contribution is 8.24. The van der Waals surface area contributed by atoms with Crippen LogP contribution in [0.2, 0.25) is 0 Å². The van der Waals surface area contributed by atoms with Crippen LogP contribution in [0.15, 0.2) is 103 Å². The number of methoxy groups -OCH3 is 4. The number of aryl methyl sites for hydroxylation is 4. The first-order chi connectivity index (χ1) is 58.5. The number of aromatic nitrogens is 2. The van der Waals surface area contributed by atoms with Crippen molar-refractivity contribution in [3.63, 3.8) is 0 Å². The molecule has 0 saturated carbocycles. The number of carbonyl (C=O) groups is 7. The second-order valence-corrected chi connectivity index (χ2v) is 45.6. The summed E-state index contributed by atoms with van der Waals surface area (Å²) < 4.78 is 23.2. The van der Waals surface area contributed by atoms with Gasteiger partial charge in [-0.05, 0) is 302 Å². The Morgan fingerprint density at radius 3 is 1.08 bits per heavy atom. The van der Waals surface area contributed by atoms with Gasteiger partial charge in [0.15, 0.2) is 0 Å². The number of pyridine rings is 2. The van der Waals surface area contributed by atoms with Crippen molar-refractivity contribution >= 4 is 103 Å². The number of nitrogens with zero attached hydrogens (tertiary/aromatic N) is 2. The number of benzene rings is 6. The maximum absolute atomic E-state index is 12.2. The molecule has 0 radical (unpaired) electrons. The minimum absolute atomic E-state index is 0.00121. The number of phenolic OH excluding ortho intramolecular Hbond substituents is 1. The van der Waals surface area contributed by atoms with E-state index >= 15 is 0 Å². The SMILES string of the molecule is COc1cc(O)c(CC2SC(=O)NC2=O)cc1-c1cc2c(cc1C)C(C)(C)CCC2(C)C.COc1ccc(CC2SC(=O)NC2=O)nc1-c1cc2c(cc1C)C(C)(C)CCC2(C)C.COc1ccc(CC2SC(=S)NC2=O)cc1-c1cc2c(cc1C)C(C)(C)CCC2(C)C.COc1ncc(CC2SC(=O)NC2=O)cc1-c1cc2c(cc1C)C(C)(C)CCC2(C)C. The zero-order chi connectivity index (χ0) is 91.1. The molecule has 4 aliphatic heterocycles. The average Bonchev–Trinajstić information content (AvgIpc) is 1.34. The molecule has 8 aliphatic rings. The van der Waals surface area contributed by atoms with E-state index in [9.17, 15) is 38.7 Å². The van der Waals surface area contributed by atoms with E-state index in [-0.39, 0.29) is 100 Å². The number of rotatable bonds is 16. The first-order valence-corrected chi connectivity index (χ1v) is 47.2. The molecule has 4 saturated heterocycles. The van der Waals surface area contributed by atoms with Crippen LogP contribution in [0.25, 0.3) is 44.6 Å². The van der Waals surface area contributed by atoms with Crippen molar-refractivity contribution in [1.29, 1.82) is 0 Å². The number of phenols is 1. The number of aromatic hydroxyl groups is 1. The molecule has 4 fully saturated rings. The molecule has 662 valence electrons. The number of amides is 7. The Hall–Kier alpha value is -9.00. The van der Waals surface area contributed by atoms with E-state index in [1.54, 1.807) is 40.7 Å². The quantitative estimate of drug-likeness (QED) is 0.0564. The van der Waals surface area contributed by atoms with Gasteiger partial charge in [-0.15, -0.1) is 0 Å². The van der Waals surface area contributed by atoms with Gasteiger partial charge in [0.05, 0.1) is 49.4 Å². The first kappa shape index (κ1) is 93.6.